The van der Waals surface area contributed by atoms with Crippen molar-refractivity contribution >= 4 is 27.6 Å². The van der Waals surface area contributed by atoms with Gasteiger partial charge in [-0.2, -0.15) is 0 Å². The Balaban J connectivity index is 2.37. The molecule has 0 bridgehead atoms. The van der Waals surface area contributed by atoms with Crippen LogP contribution in [0.3, 0.4) is 0 Å². The highest BCUT2D eigenvalue weighted by atomic mass is 79.9. The fraction of sp³-hybridized carbons (Fsp3) is 0.375. The summed E-state index contributed by atoms with van der Waals surface area (Å²) in [7, 11) is 0. The van der Waals surface area contributed by atoms with Gasteiger partial charge in [0.25, 0.3) is 0 Å². The maximum atomic E-state index is 4.51. The first-order valence-electron chi connectivity index (χ1n) is 7.01. The quantitative estimate of drug-likeness (QED) is 0.796. The van der Waals surface area contributed by atoms with Crippen LogP contribution in [0.4, 0.5) is 11.6 Å². The number of anilines is 2. The summed E-state index contributed by atoms with van der Waals surface area (Å²) in [6.45, 7) is 7.12. The van der Waals surface area contributed by atoms with E-state index in [1.54, 1.807) is 6.20 Å². The van der Waals surface area contributed by atoms with Gasteiger partial charge in [-0.05, 0) is 60.0 Å². The first-order valence-corrected chi connectivity index (χ1v) is 7.80. The van der Waals surface area contributed by atoms with E-state index in [2.05, 4.69) is 62.8 Å². The zero-order chi connectivity index (χ0) is 14.5. The molecule has 0 saturated heterocycles. The predicted octanol–water partition coefficient (Wildman–Crippen LogP) is 4.66. The van der Waals surface area contributed by atoms with Gasteiger partial charge in [-0.1, -0.05) is 19.4 Å². The van der Waals surface area contributed by atoms with E-state index >= 15 is 0 Å². The Hall–Kier alpha value is -1.42. The molecule has 0 unspecified atom stereocenters. The number of aromatic nitrogens is 2. The summed E-state index contributed by atoms with van der Waals surface area (Å²) < 4.78 is 1.09. The van der Waals surface area contributed by atoms with Crippen LogP contribution in [-0.4, -0.2) is 16.5 Å². The summed E-state index contributed by atoms with van der Waals surface area (Å²) in [6, 6.07) is 8.43. The fourth-order valence-electron chi connectivity index (χ4n) is 2.20. The Morgan fingerprint density at radius 2 is 2.00 bits per heavy atom. The van der Waals surface area contributed by atoms with Gasteiger partial charge in [0, 0.05) is 22.9 Å². The van der Waals surface area contributed by atoms with E-state index in [0.717, 1.165) is 41.2 Å². The van der Waals surface area contributed by atoms with Crippen molar-refractivity contribution in [2.75, 3.05) is 11.4 Å². The highest BCUT2D eigenvalue weighted by Gasteiger charge is 2.13. The molecule has 3 nitrogen and oxygen atoms in total. The zero-order valence-corrected chi connectivity index (χ0v) is 13.8. The summed E-state index contributed by atoms with van der Waals surface area (Å²) in [5, 5.41) is 0. The molecule has 1 heterocycles. The molecule has 20 heavy (non-hydrogen) atoms. The summed E-state index contributed by atoms with van der Waals surface area (Å²) in [6.07, 6.45) is 4.07. The van der Waals surface area contributed by atoms with E-state index in [-0.39, 0.29) is 0 Å². The second-order valence-corrected chi connectivity index (χ2v) is 5.63. The van der Waals surface area contributed by atoms with E-state index in [4.69, 9.17) is 0 Å². The van der Waals surface area contributed by atoms with Gasteiger partial charge in [-0.25, -0.2) is 9.97 Å². The second kappa shape index (κ2) is 6.84. The van der Waals surface area contributed by atoms with Crippen LogP contribution in [0.1, 0.15) is 31.5 Å². The van der Waals surface area contributed by atoms with Crippen LogP contribution in [-0.2, 0) is 6.42 Å². The highest BCUT2D eigenvalue weighted by Crippen LogP contribution is 2.31. The van der Waals surface area contributed by atoms with Crippen molar-refractivity contribution < 1.29 is 0 Å². The minimum atomic E-state index is 0.747. The van der Waals surface area contributed by atoms with Crippen molar-refractivity contribution in [3.8, 4) is 0 Å². The van der Waals surface area contributed by atoms with Crippen molar-refractivity contribution in [1.29, 1.82) is 0 Å². The third-order valence-corrected chi connectivity index (χ3v) is 3.82. The molecule has 0 saturated carbocycles. The molecule has 0 aliphatic rings. The molecular weight excluding hydrogens is 314 g/mol. The van der Waals surface area contributed by atoms with Crippen LogP contribution in [0.2, 0.25) is 0 Å². The van der Waals surface area contributed by atoms with Crippen LogP contribution in [0.5, 0.6) is 0 Å². The number of hydrogen-bond acceptors (Lipinski definition) is 3. The maximum absolute atomic E-state index is 4.51. The Bertz CT molecular complexity index is 584. The first-order chi connectivity index (χ1) is 9.65. The van der Waals surface area contributed by atoms with E-state index < -0.39 is 0 Å². The van der Waals surface area contributed by atoms with Gasteiger partial charge >= 0.3 is 0 Å². The average Bonchev–Trinajstić information content (AvgIpc) is 2.42. The third kappa shape index (κ3) is 3.37. The Kier molecular flexibility index (Phi) is 5.12. The molecule has 0 radical (unpaired) electrons. The number of nitrogens with zero attached hydrogens (tertiary/aromatic N) is 3. The Morgan fingerprint density at radius 3 is 2.60 bits per heavy atom. The van der Waals surface area contributed by atoms with Gasteiger partial charge < -0.3 is 4.90 Å². The standard InChI is InChI=1S/C16H20BrN3/c1-4-6-13-7-8-15(14(17)11-13)20(5-2)16-18-10-9-12(3)19-16/h7-11H,4-6H2,1-3H3. The number of benzene rings is 1. The van der Waals surface area contributed by atoms with Gasteiger partial charge in [0.1, 0.15) is 0 Å². The van der Waals surface area contributed by atoms with Gasteiger partial charge in [-0.3, -0.25) is 0 Å². The van der Waals surface area contributed by atoms with Gasteiger partial charge in [0.05, 0.1) is 5.69 Å². The van der Waals surface area contributed by atoms with Crippen molar-refractivity contribution in [3.63, 3.8) is 0 Å². The van der Waals surface area contributed by atoms with Gasteiger partial charge in [0.2, 0.25) is 5.95 Å². The average molecular weight is 334 g/mol. The second-order valence-electron chi connectivity index (χ2n) is 4.78. The lowest BCUT2D eigenvalue weighted by Crippen LogP contribution is -2.19. The van der Waals surface area contributed by atoms with Crippen LogP contribution in [0.25, 0.3) is 0 Å². The van der Waals surface area contributed by atoms with Crippen molar-refractivity contribution in [2.45, 2.75) is 33.6 Å². The Morgan fingerprint density at radius 1 is 1.20 bits per heavy atom. The predicted molar refractivity (Wildman–Crippen MR) is 87.6 cm³/mol. The topological polar surface area (TPSA) is 29.0 Å². The summed E-state index contributed by atoms with van der Waals surface area (Å²) >= 11 is 3.68. The SMILES string of the molecule is CCCc1ccc(N(CC)c2nccc(C)n2)c(Br)c1. The molecule has 0 N–H and O–H groups in total. The first kappa shape index (κ1) is 15.0. The highest BCUT2D eigenvalue weighted by molar-refractivity contribution is 9.10. The largest absolute Gasteiger partial charge is 0.310 e. The minimum Gasteiger partial charge on any atom is -0.310 e. The molecule has 0 amide bonds. The number of halogens is 1. The molecule has 1 aromatic heterocycles. The zero-order valence-electron chi connectivity index (χ0n) is 12.2. The maximum Gasteiger partial charge on any atom is 0.230 e. The molecule has 2 aromatic rings. The molecule has 1 aromatic carbocycles. The molecule has 0 aliphatic heterocycles. The molecule has 4 heteroatoms. The van der Waals surface area contributed by atoms with Crippen molar-refractivity contribution in [1.82, 2.24) is 9.97 Å². The molecule has 0 spiro atoms. The van der Waals surface area contributed by atoms with E-state index in [1.807, 2.05) is 13.0 Å². The molecule has 106 valence electrons. The number of hydrogen-bond donors (Lipinski definition) is 0. The van der Waals surface area contributed by atoms with Gasteiger partial charge in [-0.15, -0.1) is 0 Å². The lowest BCUT2D eigenvalue weighted by Gasteiger charge is -2.22. The van der Waals surface area contributed by atoms with Crippen LogP contribution >= 0.6 is 15.9 Å². The summed E-state index contributed by atoms with van der Waals surface area (Å²) in [5.41, 5.74) is 3.44. The molecular formula is C16H20BrN3. The normalized spacial score (nSPS) is 10.6. The van der Waals surface area contributed by atoms with Crippen molar-refractivity contribution in [3.05, 3.63) is 46.2 Å². The van der Waals surface area contributed by atoms with E-state index in [1.165, 1.54) is 5.56 Å². The van der Waals surface area contributed by atoms with Crippen LogP contribution in [0.15, 0.2) is 34.9 Å². The molecule has 0 aliphatic carbocycles. The molecule has 0 atom stereocenters. The van der Waals surface area contributed by atoms with Gasteiger partial charge in [0.15, 0.2) is 0 Å². The lowest BCUT2D eigenvalue weighted by molar-refractivity contribution is 0.911. The van der Waals surface area contributed by atoms with E-state index in [0.29, 0.717) is 0 Å². The Labute approximate surface area is 129 Å². The molecule has 2 rings (SSSR count). The minimum absolute atomic E-state index is 0.747. The number of rotatable bonds is 5. The fourth-order valence-corrected chi connectivity index (χ4v) is 2.84. The van der Waals surface area contributed by atoms with Crippen LogP contribution < -0.4 is 4.90 Å². The van der Waals surface area contributed by atoms with Crippen molar-refractivity contribution in [2.24, 2.45) is 0 Å². The summed E-state index contributed by atoms with van der Waals surface area (Å²) in [4.78, 5) is 11.0. The monoisotopic (exact) mass is 333 g/mol. The molecule has 0 fully saturated rings. The third-order valence-electron chi connectivity index (χ3n) is 3.18. The number of aryl methyl sites for hydroxylation is 2. The van der Waals surface area contributed by atoms with E-state index in [9.17, 15) is 0 Å². The lowest BCUT2D eigenvalue weighted by atomic mass is 10.1. The van der Waals surface area contributed by atoms with Crippen LogP contribution in [0, 0.1) is 6.92 Å². The summed E-state index contributed by atoms with van der Waals surface area (Å²) in [5.74, 6) is 0.747. The smallest absolute Gasteiger partial charge is 0.230 e.